The van der Waals surface area contributed by atoms with Crippen LogP contribution in [0.1, 0.15) is 85.7 Å². The van der Waals surface area contributed by atoms with Crippen molar-refractivity contribution in [2.45, 2.75) is 82.8 Å². The third kappa shape index (κ3) is 5.62. The van der Waals surface area contributed by atoms with Crippen LogP contribution in [0.2, 0.25) is 0 Å². The van der Waals surface area contributed by atoms with Crippen molar-refractivity contribution in [3.63, 3.8) is 0 Å². The molecule has 2 saturated carbocycles. The summed E-state index contributed by atoms with van der Waals surface area (Å²) in [6.07, 6.45) is 15.9. The van der Waals surface area contributed by atoms with Gasteiger partial charge in [0, 0.05) is 35.2 Å². The number of benzene rings is 2. The van der Waals surface area contributed by atoms with Crippen LogP contribution in [0, 0.1) is 0 Å². The number of carbonyl (C=O) groups is 2. The third-order valence-corrected chi connectivity index (χ3v) is 9.45. The molecule has 208 valence electrons. The lowest BCUT2D eigenvalue weighted by molar-refractivity contribution is -0.124. The largest absolute Gasteiger partial charge is 0.465 e. The predicted octanol–water partition coefficient (Wildman–Crippen LogP) is 7.41. The molecular formula is C33H37N3O3S. The van der Waals surface area contributed by atoms with E-state index in [9.17, 15) is 9.59 Å². The van der Waals surface area contributed by atoms with Crippen LogP contribution in [0.4, 0.5) is 0 Å². The molecule has 1 aromatic heterocycles. The van der Waals surface area contributed by atoms with Crippen molar-refractivity contribution in [3.8, 4) is 0 Å². The van der Waals surface area contributed by atoms with Crippen LogP contribution in [0.5, 0.6) is 0 Å². The molecule has 2 aliphatic carbocycles. The summed E-state index contributed by atoms with van der Waals surface area (Å²) in [5.74, 6) is -0.233. The number of nitrogens with zero attached hydrogens (tertiary/aromatic N) is 3. The highest BCUT2D eigenvalue weighted by molar-refractivity contribution is 8.18. The van der Waals surface area contributed by atoms with Gasteiger partial charge in [-0.3, -0.25) is 14.7 Å². The number of fused-ring (bicyclic) bond motifs is 1. The molecule has 3 fully saturated rings. The second kappa shape index (κ2) is 12.0. The number of carbonyl (C=O) groups excluding carboxylic acids is 2. The molecule has 0 N–H and O–H groups in total. The highest BCUT2D eigenvalue weighted by Crippen LogP contribution is 2.39. The first-order valence-corrected chi connectivity index (χ1v) is 15.5. The number of aliphatic imine (C=N–C) groups is 1. The first-order chi connectivity index (χ1) is 19.6. The van der Waals surface area contributed by atoms with E-state index in [1.807, 2.05) is 35.2 Å². The van der Waals surface area contributed by atoms with E-state index in [0.717, 1.165) is 57.8 Å². The number of rotatable bonds is 6. The van der Waals surface area contributed by atoms with E-state index in [0.29, 0.717) is 18.2 Å². The van der Waals surface area contributed by atoms with Gasteiger partial charge in [-0.25, -0.2) is 4.79 Å². The van der Waals surface area contributed by atoms with Gasteiger partial charge in [0.15, 0.2) is 5.17 Å². The maximum atomic E-state index is 13.9. The SMILES string of the molecule is COC(=O)c1cccc(Cn2cc(/C=C3\SC(=NC4CCCCC4)N(C4CCCCC4)C3=O)c3ccccc32)c1. The summed E-state index contributed by atoms with van der Waals surface area (Å²) in [5.41, 5.74) is 3.67. The van der Waals surface area contributed by atoms with E-state index in [1.165, 1.54) is 45.6 Å². The molecule has 0 bridgehead atoms. The van der Waals surface area contributed by atoms with Crippen LogP contribution in [0.15, 0.2) is 64.6 Å². The Kier molecular flexibility index (Phi) is 8.10. The first kappa shape index (κ1) is 26.9. The molecule has 1 saturated heterocycles. The number of ether oxygens (including phenoxy) is 1. The summed E-state index contributed by atoms with van der Waals surface area (Å²) in [7, 11) is 1.40. The fourth-order valence-corrected chi connectivity index (χ4v) is 7.48. The van der Waals surface area contributed by atoms with Crippen LogP contribution < -0.4 is 0 Å². The normalized spacial score (nSPS) is 21.1. The Balaban J connectivity index is 1.34. The molecule has 2 aromatic carbocycles. The van der Waals surface area contributed by atoms with Crippen LogP contribution >= 0.6 is 11.8 Å². The van der Waals surface area contributed by atoms with Crippen molar-refractivity contribution >= 4 is 45.8 Å². The number of aromatic nitrogens is 1. The number of esters is 1. The summed E-state index contributed by atoms with van der Waals surface area (Å²) in [6.45, 7) is 0.609. The smallest absolute Gasteiger partial charge is 0.337 e. The quantitative estimate of drug-likeness (QED) is 0.235. The zero-order valence-corrected chi connectivity index (χ0v) is 24.0. The van der Waals surface area contributed by atoms with Crippen LogP contribution in [0.25, 0.3) is 17.0 Å². The summed E-state index contributed by atoms with van der Waals surface area (Å²) < 4.78 is 7.10. The second-order valence-corrected chi connectivity index (χ2v) is 12.2. The summed E-state index contributed by atoms with van der Waals surface area (Å²) in [6, 6.07) is 16.4. The maximum absolute atomic E-state index is 13.9. The Morgan fingerprint density at radius 2 is 1.75 bits per heavy atom. The number of methoxy groups -OCH3 is 1. The lowest BCUT2D eigenvalue weighted by atomic mass is 9.94. The second-order valence-electron chi connectivity index (χ2n) is 11.2. The van der Waals surface area contributed by atoms with Crippen LogP contribution in [0.3, 0.4) is 0 Å². The molecule has 0 spiro atoms. The van der Waals surface area contributed by atoms with Crippen molar-refractivity contribution < 1.29 is 14.3 Å². The average molecular weight is 556 g/mol. The van der Waals surface area contributed by atoms with Gasteiger partial charge in [0.2, 0.25) is 0 Å². The van der Waals surface area contributed by atoms with Gasteiger partial charge in [-0.15, -0.1) is 0 Å². The molecule has 1 amide bonds. The fourth-order valence-electron chi connectivity index (χ4n) is 6.38. The number of thioether (sulfide) groups is 1. The van der Waals surface area contributed by atoms with Gasteiger partial charge in [0.1, 0.15) is 0 Å². The summed E-state index contributed by atoms with van der Waals surface area (Å²) in [4.78, 5) is 34.0. The number of hydrogen-bond donors (Lipinski definition) is 0. The maximum Gasteiger partial charge on any atom is 0.337 e. The fraction of sp³-hybridized carbons (Fsp3) is 0.424. The predicted molar refractivity (Wildman–Crippen MR) is 162 cm³/mol. The van der Waals surface area contributed by atoms with E-state index >= 15 is 0 Å². The zero-order chi connectivity index (χ0) is 27.5. The molecule has 1 aliphatic heterocycles. The van der Waals surface area contributed by atoms with Crippen LogP contribution in [-0.2, 0) is 16.1 Å². The van der Waals surface area contributed by atoms with Gasteiger partial charge in [0.25, 0.3) is 5.91 Å². The Bertz CT molecular complexity index is 1460. The molecule has 6 nitrogen and oxygen atoms in total. The molecule has 40 heavy (non-hydrogen) atoms. The van der Waals surface area contributed by atoms with Gasteiger partial charge in [-0.1, -0.05) is 68.9 Å². The van der Waals surface area contributed by atoms with E-state index in [4.69, 9.17) is 9.73 Å². The van der Waals surface area contributed by atoms with E-state index in [1.54, 1.807) is 17.8 Å². The van der Waals surface area contributed by atoms with Crippen LogP contribution in [-0.4, -0.2) is 45.7 Å². The van der Waals surface area contributed by atoms with Crippen molar-refractivity contribution in [1.29, 1.82) is 0 Å². The van der Waals surface area contributed by atoms with Gasteiger partial charge in [0.05, 0.1) is 23.6 Å². The van der Waals surface area contributed by atoms with E-state index in [-0.39, 0.29) is 17.9 Å². The standard InChI is InChI=1S/C33H37N3O3S/c1-39-32(38)24-12-10-11-23(19-24)21-35-22-25(28-17-8-9-18-29(28)35)20-30-31(37)36(27-15-6-3-7-16-27)33(40-30)34-26-13-4-2-5-14-26/h8-12,17-20,22,26-27H,2-7,13-16,21H2,1H3/b30-20-,34-33?. The Labute approximate surface area is 240 Å². The minimum Gasteiger partial charge on any atom is -0.465 e. The minimum atomic E-state index is -0.338. The number of hydrogen-bond acceptors (Lipinski definition) is 5. The zero-order valence-electron chi connectivity index (χ0n) is 23.2. The highest BCUT2D eigenvalue weighted by Gasteiger charge is 2.39. The molecular weight excluding hydrogens is 518 g/mol. The number of amidine groups is 1. The number of amides is 1. The molecule has 6 rings (SSSR count). The average Bonchev–Trinajstić information content (AvgIpc) is 3.49. The van der Waals surface area contributed by atoms with E-state index < -0.39 is 0 Å². The molecule has 3 aromatic rings. The highest BCUT2D eigenvalue weighted by atomic mass is 32.2. The molecule has 0 atom stereocenters. The van der Waals surface area contributed by atoms with Gasteiger partial charge >= 0.3 is 5.97 Å². The lowest BCUT2D eigenvalue weighted by Gasteiger charge is -2.31. The van der Waals surface area contributed by atoms with Crippen molar-refractivity contribution in [2.75, 3.05) is 7.11 Å². The Morgan fingerprint density at radius 3 is 2.52 bits per heavy atom. The first-order valence-electron chi connectivity index (χ1n) is 14.7. The van der Waals surface area contributed by atoms with Gasteiger partial charge in [-0.2, -0.15) is 0 Å². The molecule has 3 aliphatic rings. The molecule has 0 unspecified atom stereocenters. The topological polar surface area (TPSA) is 63.9 Å². The van der Waals surface area contributed by atoms with Gasteiger partial charge < -0.3 is 9.30 Å². The van der Waals surface area contributed by atoms with E-state index in [2.05, 4.69) is 29.0 Å². The summed E-state index contributed by atoms with van der Waals surface area (Å²) in [5, 5.41) is 2.02. The minimum absolute atomic E-state index is 0.106. The lowest BCUT2D eigenvalue weighted by Crippen LogP contribution is -2.41. The van der Waals surface area contributed by atoms with Crippen molar-refractivity contribution in [2.24, 2.45) is 4.99 Å². The monoisotopic (exact) mass is 555 g/mol. The molecule has 0 radical (unpaired) electrons. The Hall–Kier alpha value is -3.32. The van der Waals surface area contributed by atoms with Crippen molar-refractivity contribution in [3.05, 3.63) is 76.3 Å². The Morgan fingerprint density at radius 1 is 1.00 bits per heavy atom. The summed E-state index contributed by atoms with van der Waals surface area (Å²) >= 11 is 1.57. The van der Waals surface area contributed by atoms with Crippen molar-refractivity contribution in [1.82, 2.24) is 9.47 Å². The molecule has 7 heteroatoms. The molecule has 2 heterocycles. The van der Waals surface area contributed by atoms with Gasteiger partial charge in [-0.05, 0) is 67.3 Å². The third-order valence-electron chi connectivity index (χ3n) is 8.45. The number of para-hydroxylation sites is 1.